The Morgan fingerprint density at radius 1 is 1.00 bits per heavy atom. The molecule has 3 aliphatic heterocycles. The predicted molar refractivity (Wildman–Crippen MR) is 67.9 cm³/mol. The van der Waals surface area contributed by atoms with E-state index in [0.717, 1.165) is 38.4 Å². The third-order valence-corrected chi connectivity index (χ3v) is 5.03. The van der Waals surface area contributed by atoms with Crippen molar-refractivity contribution in [1.82, 2.24) is 9.80 Å². The molecular weight excluding hydrogens is 212 g/mol. The van der Waals surface area contributed by atoms with Gasteiger partial charge in [0.05, 0.1) is 6.04 Å². The number of hydrogen-bond donors (Lipinski definition) is 0. The van der Waals surface area contributed by atoms with E-state index in [1.54, 1.807) is 0 Å². The van der Waals surface area contributed by atoms with Crippen molar-refractivity contribution in [2.24, 2.45) is 11.8 Å². The summed E-state index contributed by atoms with van der Waals surface area (Å²) in [5, 5.41) is 0. The first-order valence-electron chi connectivity index (χ1n) is 7.24. The van der Waals surface area contributed by atoms with E-state index in [1.807, 2.05) is 0 Å². The lowest BCUT2D eigenvalue weighted by molar-refractivity contribution is -0.134. The fourth-order valence-corrected chi connectivity index (χ4v) is 3.70. The number of fused-ring (bicyclic) bond motifs is 3. The third kappa shape index (κ3) is 2.27. The van der Waals surface area contributed by atoms with Crippen LogP contribution in [0, 0.1) is 11.8 Å². The van der Waals surface area contributed by atoms with E-state index in [9.17, 15) is 4.79 Å². The summed E-state index contributed by atoms with van der Waals surface area (Å²) in [7, 11) is 0. The minimum Gasteiger partial charge on any atom is -0.299 e. The molecule has 3 nitrogen and oxygen atoms in total. The molecule has 96 valence electrons. The molecule has 0 amide bonds. The van der Waals surface area contributed by atoms with E-state index in [1.165, 1.54) is 25.9 Å². The standard InChI is InChI=1S/C14H24N2O/c1-11-2-4-12(5-3-11)14(17)13-10-15-6-8-16(13)9-7-15/h11-13H,2-10H2,1H3. The lowest BCUT2D eigenvalue weighted by Gasteiger charge is -2.47. The van der Waals surface area contributed by atoms with Crippen LogP contribution in [0.2, 0.25) is 0 Å². The zero-order valence-electron chi connectivity index (χ0n) is 10.9. The molecule has 2 bridgehead atoms. The summed E-state index contributed by atoms with van der Waals surface area (Å²) >= 11 is 0. The zero-order valence-corrected chi connectivity index (χ0v) is 10.9. The van der Waals surface area contributed by atoms with Gasteiger partial charge in [0.1, 0.15) is 0 Å². The van der Waals surface area contributed by atoms with Crippen molar-refractivity contribution in [3.63, 3.8) is 0 Å². The average Bonchev–Trinajstić information content (AvgIpc) is 2.40. The van der Waals surface area contributed by atoms with Crippen LogP contribution in [0.1, 0.15) is 32.6 Å². The molecule has 1 aliphatic carbocycles. The Morgan fingerprint density at radius 2 is 1.65 bits per heavy atom. The highest BCUT2D eigenvalue weighted by atomic mass is 16.1. The van der Waals surface area contributed by atoms with E-state index in [2.05, 4.69) is 16.7 Å². The second-order valence-electron chi connectivity index (χ2n) is 6.21. The largest absolute Gasteiger partial charge is 0.299 e. The van der Waals surface area contributed by atoms with E-state index in [0.29, 0.717) is 11.7 Å². The number of carbonyl (C=O) groups excluding carboxylic acids is 1. The molecule has 0 aromatic heterocycles. The van der Waals surface area contributed by atoms with E-state index in [-0.39, 0.29) is 6.04 Å². The second kappa shape index (κ2) is 4.69. The molecule has 4 rings (SSSR count). The molecule has 1 unspecified atom stereocenters. The average molecular weight is 236 g/mol. The summed E-state index contributed by atoms with van der Waals surface area (Å²) in [6, 6.07) is 0.232. The van der Waals surface area contributed by atoms with Gasteiger partial charge in [-0.05, 0) is 18.8 Å². The van der Waals surface area contributed by atoms with E-state index in [4.69, 9.17) is 0 Å². The Labute approximate surface area is 104 Å². The number of rotatable bonds is 2. The molecule has 4 aliphatic rings. The minimum atomic E-state index is 0.232. The molecule has 0 N–H and O–H groups in total. The monoisotopic (exact) mass is 236 g/mol. The number of ketones is 1. The van der Waals surface area contributed by atoms with Crippen LogP contribution in [0.4, 0.5) is 0 Å². The normalized spacial score (nSPS) is 45.8. The Morgan fingerprint density at radius 3 is 2.18 bits per heavy atom. The molecule has 17 heavy (non-hydrogen) atoms. The van der Waals surface area contributed by atoms with Crippen molar-refractivity contribution >= 4 is 5.78 Å². The van der Waals surface area contributed by atoms with Crippen molar-refractivity contribution in [2.75, 3.05) is 32.7 Å². The Kier molecular flexibility index (Phi) is 3.22. The number of Topliss-reactive ketones (excluding diaryl/α,β-unsaturated/α-hetero) is 1. The smallest absolute Gasteiger partial charge is 0.154 e. The van der Waals surface area contributed by atoms with Crippen molar-refractivity contribution in [3.8, 4) is 0 Å². The number of piperazine rings is 3. The molecule has 0 radical (unpaired) electrons. The Bertz CT molecular complexity index is 289. The Hall–Kier alpha value is -0.410. The first-order valence-corrected chi connectivity index (χ1v) is 7.24. The first kappa shape index (κ1) is 11.7. The number of nitrogens with zero attached hydrogens (tertiary/aromatic N) is 2. The number of carbonyl (C=O) groups is 1. The molecule has 1 saturated carbocycles. The summed E-state index contributed by atoms with van der Waals surface area (Å²) in [6.07, 6.45) is 4.80. The molecule has 4 fully saturated rings. The summed E-state index contributed by atoms with van der Waals surface area (Å²) in [4.78, 5) is 17.5. The van der Waals surface area contributed by atoms with Gasteiger partial charge in [0.15, 0.2) is 5.78 Å². The molecule has 3 saturated heterocycles. The lowest BCUT2D eigenvalue weighted by Crippen LogP contribution is -2.64. The maximum absolute atomic E-state index is 12.6. The van der Waals surface area contributed by atoms with Gasteiger partial charge >= 0.3 is 0 Å². The van der Waals surface area contributed by atoms with Gasteiger partial charge in [-0.2, -0.15) is 0 Å². The first-order chi connectivity index (χ1) is 8.24. The van der Waals surface area contributed by atoms with Gasteiger partial charge in [0.2, 0.25) is 0 Å². The van der Waals surface area contributed by atoms with Crippen LogP contribution in [0.3, 0.4) is 0 Å². The van der Waals surface area contributed by atoms with Gasteiger partial charge in [-0.25, -0.2) is 0 Å². The Balaban J connectivity index is 1.62. The molecule has 1 atom stereocenters. The summed E-state index contributed by atoms with van der Waals surface area (Å²) in [5.41, 5.74) is 0. The van der Waals surface area contributed by atoms with Gasteiger partial charge < -0.3 is 0 Å². The maximum atomic E-state index is 12.6. The summed E-state index contributed by atoms with van der Waals surface area (Å²) in [5.74, 6) is 1.77. The number of hydrogen-bond acceptors (Lipinski definition) is 3. The fraction of sp³-hybridized carbons (Fsp3) is 0.929. The quantitative estimate of drug-likeness (QED) is 0.724. The predicted octanol–water partition coefficient (Wildman–Crippen LogP) is 1.38. The highest BCUT2D eigenvalue weighted by molar-refractivity contribution is 5.86. The topological polar surface area (TPSA) is 23.6 Å². The van der Waals surface area contributed by atoms with Gasteiger partial charge in [0.25, 0.3) is 0 Å². The molecule has 3 heterocycles. The highest BCUT2D eigenvalue weighted by Crippen LogP contribution is 2.31. The molecular formula is C14H24N2O. The molecule has 0 aromatic carbocycles. The molecule has 0 spiro atoms. The van der Waals surface area contributed by atoms with Crippen LogP contribution < -0.4 is 0 Å². The SMILES string of the molecule is CC1CCC(C(=O)C2CN3CCN2CC3)CC1. The van der Waals surface area contributed by atoms with Crippen molar-refractivity contribution in [1.29, 1.82) is 0 Å². The highest BCUT2D eigenvalue weighted by Gasteiger charge is 2.39. The second-order valence-corrected chi connectivity index (χ2v) is 6.21. The third-order valence-electron chi connectivity index (χ3n) is 5.03. The minimum absolute atomic E-state index is 0.232. The van der Waals surface area contributed by atoms with Gasteiger partial charge in [0, 0.05) is 38.6 Å². The molecule has 0 aromatic rings. The van der Waals surface area contributed by atoms with Crippen molar-refractivity contribution < 1.29 is 4.79 Å². The maximum Gasteiger partial charge on any atom is 0.154 e. The lowest BCUT2D eigenvalue weighted by atomic mass is 9.78. The summed E-state index contributed by atoms with van der Waals surface area (Å²) < 4.78 is 0. The summed E-state index contributed by atoms with van der Waals surface area (Å²) in [6.45, 7) is 7.89. The van der Waals surface area contributed by atoms with Crippen LogP contribution in [0.15, 0.2) is 0 Å². The zero-order chi connectivity index (χ0) is 11.8. The van der Waals surface area contributed by atoms with Crippen molar-refractivity contribution in [2.45, 2.75) is 38.6 Å². The van der Waals surface area contributed by atoms with Gasteiger partial charge in [-0.15, -0.1) is 0 Å². The van der Waals surface area contributed by atoms with Gasteiger partial charge in [-0.1, -0.05) is 19.8 Å². The van der Waals surface area contributed by atoms with Crippen LogP contribution in [-0.4, -0.2) is 54.3 Å². The van der Waals surface area contributed by atoms with Crippen molar-refractivity contribution in [3.05, 3.63) is 0 Å². The van der Waals surface area contributed by atoms with E-state index < -0.39 is 0 Å². The van der Waals surface area contributed by atoms with Crippen LogP contribution in [0.25, 0.3) is 0 Å². The fourth-order valence-electron chi connectivity index (χ4n) is 3.70. The van der Waals surface area contributed by atoms with E-state index >= 15 is 0 Å². The van der Waals surface area contributed by atoms with Gasteiger partial charge in [-0.3, -0.25) is 14.6 Å². The van der Waals surface area contributed by atoms with Crippen LogP contribution in [0.5, 0.6) is 0 Å². The molecule has 3 heteroatoms. The van der Waals surface area contributed by atoms with Crippen LogP contribution >= 0.6 is 0 Å². The van der Waals surface area contributed by atoms with Crippen LogP contribution in [-0.2, 0) is 4.79 Å².